The molecule has 5 aromatic heterocycles. The molecule has 0 saturated heterocycles. The molecular formula is C84H69Br7ClF6N25. The summed E-state index contributed by atoms with van der Waals surface area (Å²) in [5.74, 6) is -0.201. The maximum Gasteiger partial charge on any atom is 0.244 e. The quantitative estimate of drug-likeness (QED) is 0.0796. The molecule has 0 amide bonds. The summed E-state index contributed by atoms with van der Waals surface area (Å²) in [6.07, 6.45) is 2.94. The Morgan fingerprint density at radius 1 is 0.293 bits per heavy atom. The molecule has 0 spiro atoms. The van der Waals surface area contributed by atoms with Gasteiger partial charge in [0.2, 0.25) is 29.7 Å². The second kappa shape index (κ2) is 37.7. The molecule has 39 heteroatoms. The highest BCUT2D eigenvalue weighted by atomic mass is 79.9. The van der Waals surface area contributed by atoms with Crippen LogP contribution >= 0.6 is 123 Å². The van der Waals surface area contributed by atoms with Crippen LogP contribution in [-0.4, -0.2) is 101 Å². The molecule has 4 unspecified atom stereocenters. The molecule has 0 aliphatic carbocycles. The van der Waals surface area contributed by atoms with Crippen LogP contribution in [0.25, 0.3) is 0 Å². The third-order valence-electron chi connectivity index (χ3n) is 21.9. The van der Waals surface area contributed by atoms with Crippen LogP contribution in [0.5, 0.6) is 0 Å². The monoisotopic (exact) mass is 2130 g/mol. The van der Waals surface area contributed by atoms with Crippen molar-refractivity contribution in [3.8, 4) is 0 Å². The third-order valence-corrected chi connectivity index (χ3v) is 25.9. The lowest BCUT2D eigenvalue weighted by molar-refractivity contribution is 0.392. The van der Waals surface area contributed by atoms with Gasteiger partial charge in [-0.15, -0.1) is 0 Å². The largest absolute Gasteiger partial charge is 0.346 e. The maximum atomic E-state index is 14.9. The lowest BCUT2D eigenvalue weighted by Gasteiger charge is -2.32. The van der Waals surface area contributed by atoms with Crippen LogP contribution in [0.3, 0.4) is 0 Å². The second-order valence-corrected chi connectivity index (χ2v) is 36.4. The van der Waals surface area contributed by atoms with Crippen molar-refractivity contribution in [1.82, 2.24) is 101 Å². The minimum Gasteiger partial charge on any atom is -0.346 e. The number of nitrogens with zero attached hydrogens (tertiary/aromatic N) is 20. The lowest BCUT2D eigenvalue weighted by Crippen LogP contribution is -2.29. The van der Waals surface area contributed by atoms with E-state index in [1.54, 1.807) is 53.9 Å². The molecule has 5 N–H and O–H groups in total. The molecule has 123 heavy (non-hydrogen) atoms. The van der Waals surface area contributed by atoms with E-state index in [-0.39, 0.29) is 71.1 Å². The molecule has 0 bridgehead atoms. The minimum atomic E-state index is -0.630. The van der Waals surface area contributed by atoms with Crippen LogP contribution < -0.4 is 26.6 Å². The Morgan fingerprint density at radius 3 is 0.911 bits per heavy atom. The molecule has 10 aromatic carbocycles. The van der Waals surface area contributed by atoms with Crippen LogP contribution in [-0.2, 0) is 0 Å². The number of aryl methyl sites for hydroxylation is 4. The fourth-order valence-electron chi connectivity index (χ4n) is 15.8. The average molecular weight is 2140 g/mol. The molecule has 0 fully saturated rings. The fourth-order valence-corrected chi connectivity index (χ4v) is 19.1. The first-order chi connectivity index (χ1) is 59.4. The Labute approximate surface area is 763 Å². The van der Waals surface area contributed by atoms with Crippen LogP contribution in [0.4, 0.5) is 56.1 Å². The zero-order chi connectivity index (χ0) is 86.0. The normalized spacial score (nSPS) is 19.5. The van der Waals surface area contributed by atoms with Crippen molar-refractivity contribution in [3.63, 3.8) is 0 Å². The number of hydrogen-bond acceptors (Lipinski definition) is 20. The van der Waals surface area contributed by atoms with Gasteiger partial charge >= 0.3 is 0 Å². The molecule has 5 aliphatic rings. The molecule has 628 valence electrons. The van der Waals surface area contributed by atoms with Gasteiger partial charge in [0.1, 0.15) is 34.9 Å². The van der Waals surface area contributed by atoms with E-state index in [0.29, 0.717) is 93.8 Å². The number of hydrogen-bond donors (Lipinski definition) is 5. The Bertz CT molecular complexity index is 5910. The summed E-state index contributed by atoms with van der Waals surface area (Å²) in [5, 5.41) is 76.1. The average Bonchev–Trinajstić information content (AvgIpc) is 1.35. The highest BCUT2D eigenvalue weighted by molar-refractivity contribution is 9.11. The maximum absolute atomic E-state index is 14.9. The van der Waals surface area contributed by atoms with Gasteiger partial charge in [0, 0.05) is 58.6 Å². The molecule has 10 atom stereocenters. The van der Waals surface area contributed by atoms with Crippen molar-refractivity contribution in [2.75, 3.05) is 26.6 Å². The van der Waals surface area contributed by atoms with Crippen LogP contribution in [0.15, 0.2) is 225 Å². The topological polar surface area (TPSA) is 278 Å². The fraction of sp³-hybridized carbons (Fsp3) is 0.226. The number of nitrogens with one attached hydrogen (secondary N) is 5. The van der Waals surface area contributed by atoms with Gasteiger partial charge in [0.25, 0.3) is 0 Å². The van der Waals surface area contributed by atoms with Gasteiger partial charge in [-0.2, -0.15) is 0 Å². The van der Waals surface area contributed by atoms with Crippen molar-refractivity contribution in [2.24, 2.45) is 0 Å². The molecule has 0 saturated carbocycles. The Balaban J connectivity index is 0.000000114. The highest BCUT2D eigenvalue weighted by Crippen LogP contribution is 2.47. The summed E-state index contributed by atoms with van der Waals surface area (Å²) in [6.45, 7) is 6.77. The summed E-state index contributed by atoms with van der Waals surface area (Å²) in [5.41, 5.74) is 9.55. The summed E-state index contributed by atoms with van der Waals surface area (Å²) in [6, 6.07) is 58.2. The van der Waals surface area contributed by atoms with E-state index in [9.17, 15) is 26.3 Å². The van der Waals surface area contributed by atoms with Crippen LogP contribution in [0.2, 0.25) is 5.02 Å². The summed E-state index contributed by atoms with van der Waals surface area (Å²) >= 11 is 30.9. The summed E-state index contributed by atoms with van der Waals surface area (Å²) in [4.78, 5) is 0. The molecule has 25 nitrogen and oxygen atoms in total. The van der Waals surface area contributed by atoms with Crippen molar-refractivity contribution in [2.45, 2.75) is 120 Å². The molecule has 10 heterocycles. The van der Waals surface area contributed by atoms with E-state index in [0.717, 1.165) is 65.5 Å². The van der Waals surface area contributed by atoms with E-state index in [1.807, 2.05) is 133 Å². The van der Waals surface area contributed by atoms with E-state index < -0.39 is 35.4 Å². The number of benzene rings is 10. The first-order valence-electron chi connectivity index (χ1n) is 38.4. The minimum absolute atomic E-state index is 0.00459. The van der Waals surface area contributed by atoms with Gasteiger partial charge in [-0.1, -0.05) is 246 Å². The Morgan fingerprint density at radius 2 is 0.569 bits per heavy atom. The van der Waals surface area contributed by atoms with Crippen molar-refractivity contribution in [3.05, 3.63) is 343 Å². The molecule has 20 rings (SSSR count). The predicted octanol–water partition coefficient (Wildman–Crippen LogP) is 22.2. The Hall–Kier alpha value is -10.2. The van der Waals surface area contributed by atoms with Crippen molar-refractivity contribution < 1.29 is 26.3 Å². The third kappa shape index (κ3) is 18.8. The number of rotatable bonds is 10. The smallest absolute Gasteiger partial charge is 0.244 e. The molecule has 15 aromatic rings. The van der Waals surface area contributed by atoms with Crippen LogP contribution in [0, 0.1) is 62.6 Å². The van der Waals surface area contributed by atoms with Crippen LogP contribution in [0.1, 0.15) is 170 Å². The summed E-state index contributed by atoms with van der Waals surface area (Å²) in [7, 11) is 0. The van der Waals surface area contributed by atoms with Gasteiger partial charge in [0.05, 0.1) is 60.4 Å². The highest BCUT2D eigenvalue weighted by Gasteiger charge is 2.40. The number of halogens is 14. The van der Waals surface area contributed by atoms with Crippen molar-refractivity contribution in [1.29, 1.82) is 0 Å². The first-order valence-corrected chi connectivity index (χ1v) is 44.3. The van der Waals surface area contributed by atoms with Gasteiger partial charge in [-0.05, 0) is 265 Å². The van der Waals surface area contributed by atoms with Gasteiger partial charge in [0.15, 0.2) is 0 Å². The number of aromatic nitrogens is 20. The molecule has 5 aliphatic heterocycles. The van der Waals surface area contributed by atoms with E-state index in [1.165, 1.54) is 39.2 Å². The zero-order valence-corrected chi connectivity index (χ0v) is 76.9. The summed E-state index contributed by atoms with van der Waals surface area (Å²) < 4.78 is 102. The van der Waals surface area contributed by atoms with Crippen molar-refractivity contribution >= 4 is 153 Å². The number of tetrazole rings is 5. The lowest BCUT2D eigenvalue weighted by atomic mass is 9.92. The van der Waals surface area contributed by atoms with Gasteiger partial charge in [-0.25, -0.2) is 49.8 Å². The zero-order valence-electron chi connectivity index (χ0n) is 65.0. The molecular weight excluding hydrogens is 2070 g/mol. The number of anilines is 5. The second-order valence-electron chi connectivity index (χ2n) is 29.7. The number of fused-ring (bicyclic) bond motifs is 5. The molecule has 0 radical (unpaired) electrons. The Kier molecular flexibility index (Phi) is 26.4. The van der Waals surface area contributed by atoms with Gasteiger partial charge in [-0.3, -0.25) is 0 Å². The SMILES string of the molecule is Cc1ccc(Br)c([C@H]2C[C@@H](c3cccc(Br)c3)Nc3nnnn32)c1F.Cc1ccc(F)c(C2CC(c3cccc(Br)c3)Nc3nnnn32)c1F.Cc1ccc(F)c([C@H]2C[C@@H](c3cccc(Br)c3)Nc3nnnn32)c1F.Cc1cccc(C2CC(c3cccc(Br)c3)Nc3nnnn32)c1F.Clc1ccc(Br)cc1[C@H]1C[C@@H](c2cccc(Br)c2)Nc2nnnn21. The van der Waals surface area contributed by atoms with E-state index in [4.69, 9.17) is 11.6 Å². The van der Waals surface area contributed by atoms with Gasteiger partial charge < -0.3 is 26.6 Å². The standard InChI is InChI=1S/C17H14Br2FN5.2C17H14BrF2N5.C17H15BrFN5.C16H12Br2ClN5/c3*1-9-5-6-12(19)15(16(9)20)14-8-13(10-3-2-4-11(18)7-10)21-17-22-23-24-25(14)17;1-10-4-2-7-13(16(10)19)15-9-14(11-5-3-6-12(18)8-11)20-17-21-22-23-24(15)17;17-10-3-1-2-9(6-10)14-8-15(24-16(20-14)21-22-23-24)12-7-11(18)4-5-13(12)19/h3*2-7,13-14H,8H2,1H3,(H,21,22,24);2-8,14-15H,9H2,1H3,(H,20,21,23);1-7,14-15H,8H2,(H,20,21,23)/t2*13-,14+;;;14-,15+/m00..0/s1. The van der Waals surface area contributed by atoms with E-state index in [2.05, 4.69) is 240 Å². The predicted molar refractivity (Wildman–Crippen MR) is 477 cm³/mol. The first kappa shape index (κ1) is 86.3. The van der Waals surface area contributed by atoms with E-state index >= 15 is 0 Å².